The average Bonchev–Trinajstić information content (AvgIpc) is 2.93. The van der Waals surface area contributed by atoms with Gasteiger partial charge < -0.3 is 9.73 Å². The normalized spacial score (nSPS) is 12.1. The van der Waals surface area contributed by atoms with Crippen molar-refractivity contribution in [1.82, 2.24) is 5.32 Å². The molecule has 1 unspecified atom stereocenters. The molecule has 0 aliphatic rings. The smallest absolute Gasteiger partial charge is 0.287 e. The van der Waals surface area contributed by atoms with Crippen molar-refractivity contribution in [3.05, 3.63) is 60.1 Å². The number of halogens is 1. The summed E-state index contributed by atoms with van der Waals surface area (Å²) in [7, 11) is 0. The fourth-order valence-electron chi connectivity index (χ4n) is 1.71. The van der Waals surface area contributed by atoms with Crippen LogP contribution >= 0.6 is 11.6 Å². The number of carbonyl (C=O) groups is 1. The van der Waals surface area contributed by atoms with E-state index in [0.29, 0.717) is 18.1 Å². The molecule has 3 nitrogen and oxygen atoms in total. The highest BCUT2D eigenvalue weighted by atomic mass is 35.5. The Labute approximate surface area is 111 Å². The molecule has 0 bridgehead atoms. The maximum atomic E-state index is 11.8. The predicted octanol–water partition coefficient (Wildman–Crippen LogP) is 2.86. The fraction of sp³-hybridized carbons (Fsp3) is 0.214. The highest BCUT2D eigenvalue weighted by Gasteiger charge is 2.15. The molecule has 0 saturated heterocycles. The van der Waals surface area contributed by atoms with Gasteiger partial charge in [-0.05, 0) is 24.1 Å². The molecule has 1 aromatic carbocycles. The molecular formula is C14H14ClNO2. The van der Waals surface area contributed by atoms with Crippen LogP contribution in [0, 0.1) is 0 Å². The molecular weight excluding hydrogens is 250 g/mol. The zero-order valence-electron chi connectivity index (χ0n) is 9.80. The minimum absolute atomic E-state index is 0.105. The van der Waals surface area contributed by atoms with E-state index in [1.54, 1.807) is 12.1 Å². The topological polar surface area (TPSA) is 42.2 Å². The number of nitrogens with one attached hydrogen (secondary N) is 1. The monoisotopic (exact) mass is 263 g/mol. The lowest BCUT2D eigenvalue weighted by molar-refractivity contribution is 0.0912. The van der Waals surface area contributed by atoms with Crippen LogP contribution in [0.5, 0.6) is 0 Å². The zero-order valence-corrected chi connectivity index (χ0v) is 10.6. The summed E-state index contributed by atoms with van der Waals surface area (Å²) < 4.78 is 5.04. The predicted molar refractivity (Wildman–Crippen MR) is 70.8 cm³/mol. The summed E-state index contributed by atoms with van der Waals surface area (Å²) in [4.78, 5) is 11.8. The van der Waals surface area contributed by atoms with Gasteiger partial charge in [0.25, 0.3) is 5.91 Å². The number of hydrogen-bond donors (Lipinski definition) is 1. The van der Waals surface area contributed by atoms with E-state index in [0.717, 1.165) is 5.56 Å². The first kappa shape index (κ1) is 12.7. The summed E-state index contributed by atoms with van der Waals surface area (Å²) >= 11 is 5.88. The van der Waals surface area contributed by atoms with E-state index in [1.165, 1.54) is 6.26 Å². The van der Waals surface area contributed by atoms with E-state index >= 15 is 0 Å². The van der Waals surface area contributed by atoms with E-state index in [1.807, 2.05) is 30.3 Å². The second kappa shape index (κ2) is 6.26. The third-order valence-electron chi connectivity index (χ3n) is 2.59. The Kier molecular flexibility index (Phi) is 4.42. The minimum atomic E-state index is -0.235. The number of carbonyl (C=O) groups excluding carboxylic acids is 1. The van der Waals surface area contributed by atoms with Gasteiger partial charge in [-0.2, -0.15) is 0 Å². The maximum Gasteiger partial charge on any atom is 0.287 e. The van der Waals surface area contributed by atoms with Gasteiger partial charge in [-0.15, -0.1) is 11.6 Å². The van der Waals surface area contributed by atoms with Crippen molar-refractivity contribution in [2.45, 2.75) is 12.5 Å². The third kappa shape index (κ3) is 3.37. The Bertz CT molecular complexity index is 482. The molecule has 1 atom stereocenters. The van der Waals surface area contributed by atoms with Crippen LogP contribution in [0.4, 0.5) is 0 Å². The first-order valence-corrected chi connectivity index (χ1v) is 6.27. The quantitative estimate of drug-likeness (QED) is 0.843. The Balaban J connectivity index is 1.96. The van der Waals surface area contributed by atoms with Gasteiger partial charge in [-0.1, -0.05) is 30.3 Å². The second-order valence-electron chi connectivity index (χ2n) is 3.99. The molecule has 0 aliphatic heterocycles. The lowest BCUT2D eigenvalue weighted by atomic mass is 10.1. The SMILES string of the molecule is O=C(NC(CCl)Cc1ccccc1)c1ccco1. The van der Waals surface area contributed by atoms with Crippen molar-refractivity contribution in [2.24, 2.45) is 0 Å². The molecule has 1 N–H and O–H groups in total. The van der Waals surface area contributed by atoms with Crippen LogP contribution in [0.1, 0.15) is 16.1 Å². The largest absolute Gasteiger partial charge is 0.459 e. The van der Waals surface area contributed by atoms with E-state index < -0.39 is 0 Å². The van der Waals surface area contributed by atoms with Crippen molar-refractivity contribution >= 4 is 17.5 Å². The van der Waals surface area contributed by atoms with E-state index in [4.69, 9.17) is 16.0 Å². The standard InChI is InChI=1S/C14H14ClNO2/c15-10-12(9-11-5-2-1-3-6-11)16-14(17)13-7-4-8-18-13/h1-8,12H,9-10H2,(H,16,17). The van der Waals surface area contributed by atoms with Crippen LogP contribution in [0.3, 0.4) is 0 Å². The molecule has 0 aliphatic carbocycles. The van der Waals surface area contributed by atoms with Gasteiger partial charge in [0.2, 0.25) is 0 Å². The summed E-state index contributed by atoms with van der Waals surface area (Å²) in [6.45, 7) is 0. The zero-order chi connectivity index (χ0) is 12.8. The Hall–Kier alpha value is -1.74. The van der Waals surface area contributed by atoms with Gasteiger partial charge >= 0.3 is 0 Å². The van der Waals surface area contributed by atoms with Crippen LogP contribution in [-0.2, 0) is 6.42 Å². The van der Waals surface area contributed by atoms with Gasteiger partial charge in [-0.3, -0.25) is 4.79 Å². The van der Waals surface area contributed by atoms with E-state index in [2.05, 4.69) is 5.32 Å². The fourth-order valence-corrected chi connectivity index (χ4v) is 1.89. The minimum Gasteiger partial charge on any atom is -0.459 e. The summed E-state index contributed by atoms with van der Waals surface area (Å²) in [5.41, 5.74) is 1.14. The number of alkyl halides is 1. The summed E-state index contributed by atoms with van der Waals surface area (Å²) in [6.07, 6.45) is 2.18. The molecule has 1 amide bonds. The van der Waals surface area contributed by atoms with Gasteiger partial charge in [0.15, 0.2) is 5.76 Å². The van der Waals surface area contributed by atoms with Crippen molar-refractivity contribution in [3.63, 3.8) is 0 Å². The van der Waals surface area contributed by atoms with Crippen molar-refractivity contribution in [3.8, 4) is 0 Å². The summed E-state index contributed by atoms with van der Waals surface area (Å²) in [6, 6.07) is 13.1. The molecule has 0 saturated carbocycles. The van der Waals surface area contributed by atoms with Crippen LogP contribution in [0.2, 0.25) is 0 Å². The third-order valence-corrected chi connectivity index (χ3v) is 2.96. The Morgan fingerprint density at radius 3 is 2.61 bits per heavy atom. The molecule has 1 heterocycles. The maximum absolute atomic E-state index is 11.8. The molecule has 1 aromatic heterocycles. The Morgan fingerprint density at radius 1 is 1.22 bits per heavy atom. The highest BCUT2D eigenvalue weighted by Crippen LogP contribution is 2.06. The summed E-state index contributed by atoms with van der Waals surface area (Å²) in [5, 5.41) is 2.85. The van der Waals surface area contributed by atoms with Gasteiger partial charge in [-0.25, -0.2) is 0 Å². The molecule has 94 valence electrons. The van der Waals surface area contributed by atoms with Crippen molar-refractivity contribution < 1.29 is 9.21 Å². The number of hydrogen-bond acceptors (Lipinski definition) is 2. The van der Waals surface area contributed by atoms with Crippen LogP contribution in [-0.4, -0.2) is 17.8 Å². The molecule has 2 rings (SSSR count). The van der Waals surface area contributed by atoms with Crippen molar-refractivity contribution in [2.75, 3.05) is 5.88 Å². The van der Waals surface area contributed by atoms with Gasteiger partial charge in [0, 0.05) is 11.9 Å². The van der Waals surface area contributed by atoms with E-state index in [-0.39, 0.29) is 11.9 Å². The van der Waals surface area contributed by atoms with E-state index in [9.17, 15) is 4.79 Å². The second-order valence-corrected chi connectivity index (χ2v) is 4.30. The Morgan fingerprint density at radius 2 is 2.00 bits per heavy atom. The average molecular weight is 264 g/mol. The molecule has 0 spiro atoms. The highest BCUT2D eigenvalue weighted by molar-refractivity contribution is 6.18. The van der Waals surface area contributed by atoms with Crippen LogP contribution in [0.25, 0.3) is 0 Å². The molecule has 0 radical (unpaired) electrons. The van der Waals surface area contributed by atoms with Crippen LogP contribution < -0.4 is 5.32 Å². The molecule has 4 heteroatoms. The number of benzene rings is 1. The van der Waals surface area contributed by atoms with Crippen molar-refractivity contribution in [1.29, 1.82) is 0 Å². The number of furan rings is 1. The summed E-state index contributed by atoms with van der Waals surface area (Å²) in [5.74, 6) is 0.432. The lowest BCUT2D eigenvalue weighted by Gasteiger charge is -2.15. The number of rotatable bonds is 5. The molecule has 18 heavy (non-hydrogen) atoms. The molecule has 2 aromatic rings. The van der Waals surface area contributed by atoms with Crippen LogP contribution in [0.15, 0.2) is 53.1 Å². The first-order chi connectivity index (χ1) is 8.79. The van der Waals surface area contributed by atoms with Gasteiger partial charge in [0.05, 0.1) is 6.26 Å². The first-order valence-electron chi connectivity index (χ1n) is 5.74. The van der Waals surface area contributed by atoms with Gasteiger partial charge in [0.1, 0.15) is 0 Å². The molecule has 0 fully saturated rings. The number of amides is 1. The lowest BCUT2D eigenvalue weighted by Crippen LogP contribution is -2.37.